The lowest BCUT2D eigenvalue weighted by Crippen LogP contribution is -2.53. The third kappa shape index (κ3) is 3.50. The molecule has 2 unspecified atom stereocenters. The van der Waals surface area contributed by atoms with Crippen molar-refractivity contribution in [2.24, 2.45) is 17.6 Å². The second kappa shape index (κ2) is 7.43. The van der Waals surface area contributed by atoms with Crippen molar-refractivity contribution in [1.29, 1.82) is 0 Å². The number of nitrogens with two attached hydrogens (primary N) is 1. The van der Waals surface area contributed by atoms with Crippen molar-refractivity contribution in [3.63, 3.8) is 0 Å². The average molecular weight is 370 g/mol. The van der Waals surface area contributed by atoms with Gasteiger partial charge in [-0.1, -0.05) is 13.3 Å². The van der Waals surface area contributed by atoms with Gasteiger partial charge in [0.15, 0.2) is 0 Å². The summed E-state index contributed by atoms with van der Waals surface area (Å²) in [6.45, 7) is 2.00. The lowest BCUT2D eigenvalue weighted by atomic mass is 9.67. The lowest BCUT2D eigenvalue weighted by Gasteiger charge is -2.45. The van der Waals surface area contributed by atoms with Gasteiger partial charge in [0.25, 0.3) is 5.91 Å². The van der Waals surface area contributed by atoms with Gasteiger partial charge in [0.1, 0.15) is 5.82 Å². The molecule has 2 aromatic rings. The van der Waals surface area contributed by atoms with Crippen LogP contribution >= 0.6 is 0 Å². The highest BCUT2D eigenvalue weighted by Gasteiger charge is 2.40. The number of fused-ring (bicyclic) bond motifs is 2. The van der Waals surface area contributed by atoms with E-state index < -0.39 is 0 Å². The first-order chi connectivity index (χ1) is 13.1. The zero-order valence-corrected chi connectivity index (χ0v) is 15.7. The predicted octanol–water partition coefficient (Wildman–Crippen LogP) is 3.21. The second-order valence-electron chi connectivity index (χ2n) is 7.93. The van der Waals surface area contributed by atoms with Crippen LogP contribution in [0.5, 0.6) is 0 Å². The molecule has 6 heteroatoms. The number of aromatic nitrogens is 2. The van der Waals surface area contributed by atoms with Gasteiger partial charge < -0.3 is 11.1 Å². The Bertz CT molecular complexity index is 802. The van der Waals surface area contributed by atoms with E-state index in [1.807, 2.05) is 6.92 Å². The van der Waals surface area contributed by atoms with Crippen LogP contribution in [-0.2, 0) is 6.42 Å². The zero-order valence-electron chi connectivity index (χ0n) is 15.7. The second-order valence-corrected chi connectivity index (χ2v) is 7.93. The summed E-state index contributed by atoms with van der Waals surface area (Å²) in [6.07, 6.45) is 7.81. The fourth-order valence-corrected chi connectivity index (χ4v) is 4.96. The van der Waals surface area contributed by atoms with Crippen molar-refractivity contribution >= 4 is 5.91 Å². The molecular formula is C21H27FN4O. The number of nitrogens with one attached hydrogen (secondary N) is 1. The first kappa shape index (κ1) is 18.2. The molecule has 1 aromatic heterocycles. The summed E-state index contributed by atoms with van der Waals surface area (Å²) >= 11 is 0. The highest BCUT2D eigenvalue weighted by molar-refractivity contribution is 5.95. The number of carbonyl (C=O) groups excluding carboxylic acids is 1. The molecule has 3 N–H and O–H groups in total. The Kier molecular flexibility index (Phi) is 5.00. The molecule has 2 bridgehead atoms. The smallest absolute Gasteiger partial charge is 0.255 e. The molecule has 27 heavy (non-hydrogen) atoms. The molecule has 2 fully saturated rings. The maximum absolute atomic E-state index is 13.2. The van der Waals surface area contributed by atoms with Crippen LogP contribution in [0, 0.1) is 17.7 Å². The van der Waals surface area contributed by atoms with Gasteiger partial charge in [-0.15, -0.1) is 0 Å². The van der Waals surface area contributed by atoms with E-state index >= 15 is 0 Å². The summed E-state index contributed by atoms with van der Waals surface area (Å²) in [5.74, 6) is 0.615. The topological polar surface area (TPSA) is 72.9 Å². The van der Waals surface area contributed by atoms with Gasteiger partial charge in [-0.05, 0) is 68.2 Å². The first-order valence-electron chi connectivity index (χ1n) is 9.96. The van der Waals surface area contributed by atoms with Crippen molar-refractivity contribution in [2.75, 3.05) is 0 Å². The minimum absolute atomic E-state index is 0.0578. The molecule has 144 valence electrons. The molecule has 1 amide bonds. The Hall–Kier alpha value is -2.21. The number of hydrogen-bond donors (Lipinski definition) is 2. The maximum atomic E-state index is 13.2. The molecule has 1 heterocycles. The molecule has 0 spiro atoms. The number of benzene rings is 1. The van der Waals surface area contributed by atoms with Crippen LogP contribution in [0.4, 0.5) is 4.39 Å². The van der Waals surface area contributed by atoms with Crippen LogP contribution in [0.3, 0.4) is 0 Å². The minimum atomic E-state index is -0.288. The highest BCUT2D eigenvalue weighted by atomic mass is 19.1. The highest BCUT2D eigenvalue weighted by Crippen LogP contribution is 2.39. The van der Waals surface area contributed by atoms with E-state index in [2.05, 4.69) is 10.4 Å². The van der Waals surface area contributed by atoms with Crippen LogP contribution < -0.4 is 11.1 Å². The fraction of sp³-hybridized carbons (Fsp3) is 0.524. The Morgan fingerprint density at radius 3 is 2.56 bits per heavy atom. The molecule has 0 aliphatic heterocycles. The summed E-state index contributed by atoms with van der Waals surface area (Å²) < 4.78 is 14.9. The van der Waals surface area contributed by atoms with Gasteiger partial charge in [0.2, 0.25) is 0 Å². The lowest BCUT2D eigenvalue weighted by molar-refractivity contribution is 0.0755. The van der Waals surface area contributed by atoms with Crippen LogP contribution in [0.25, 0.3) is 5.69 Å². The first-order valence-corrected chi connectivity index (χ1v) is 9.96. The quantitative estimate of drug-likeness (QED) is 0.868. The van der Waals surface area contributed by atoms with E-state index in [9.17, 15) is 9.18 Å². The van der Waals surface area contributed by atoms with E-state index in [0.29, 0.717) is 23.8 Å². The SMILES string of the molecule is CCc1c(C(=O)NC2C3CCCC2CC(N)C3)cnn1-c1ccc(F)cc1. The molecule has 4 rings (SSSR count). The Labute approximate surface area is 159 Å². The van der Waals surface area contributed by atoms with Crippen LogP contribution in [0.15, 0.2) is 30.5 Å². The van der Waals surface area contributed by atoms with Gasteiger partial charge in [0, 0.05) is 12.1 Å². The van der Waals surface area contributed by atoms with Gasteiger partial charge in [0.05, 0.1) is 23.1 Å². The van der Waals surface area contributed by atoms with Crippen LogP contribution in [0.1, 0.15) is 55.1 Å². The summed E-state index contributed by atoms with van der Waals surface area (Å²) in [5, 5.41) is 7.70. The molecular weight excluding hydrogens is 343 g/mol. The van der Waals surface area contributed by atoms with E-state index in [4.69, 9.17) is 5.73 Å². The number of carbonyl (C=O) groups is 1. The molecule has 5 nitrogen and oxygen atoms in total. The number of amides is 1. The van der Waals surface area contributed by atoms with E-state index in [1.54, 1.807) is 23.0 Å². The Balaban J connectivity index is 1.56. The third-order valence-electron chi connectivity index (χ3n) is 6.19. The zero-order chi connectivity index (χ0) is 19.0. The van der Waals surface area contributed by atoms with Crippen molar-refractivity contribution in [3.05, 3.63) is 47.5 Å². The standard InChI is InChI=1S/C21H27FN4O/c1-2-19-18(12-24-26(19)17-8-6-15(22)7-9-17)21(27)25-20-13-4-3-5-14(20)11-16(23)10-13/h6-9,12-14,16,20H,2-5,10-11,23H2,1H3,(H,25,27). The third-order valence-corrected chi connectivity index (χ3v) is 6.19. The van der Waals surface area contributed by atoms with E-state index in [1.165, 1.54) is 18.6 Å². The monoisotopic (exact) mass is 370 g/mol. The summed E-state index contributed by atoms with van der Waals surface area (Å²) in [6, 6.07) is 6.64. The fourth-order valence-electron chi connectivity index (χ4n) is 4.96. The molecule has 0 saturated heterocycles. The van der Waals surface area contributed by atoms with Crippen molar-refractivity contribution in [3.8, 4) is 5.69 Å². The number of nitrogens with zero attached hydrogens (tertiary/aromatic N) is 2. The number of hydrogen-bond acceptors (Lipinski definition) is 3. The van der Waals surface area contributed by atoms with E-state index in [-0.39, 0.29) is 23.8 Å². The molecule has 0 radical (unpaired) electrons. The summed E-state index contributed by atoms with van der Waals surface area (Å²) in [4.78, 5) is 13.0. The Morgan fingerprint density at radius 1 is 1.26 bits per heavy atom. The number of halogens is 1. The van der Waals surface area contributed by atoms with Gasteiger partial charge in [-0.3, -0.25) is 4.79 Å². The van der Waals surface area contributed by atoms with Gasteiger partial charge in [-0.25, -0.2) is 9.07 Å². The largest absolute Gasteiger partial charge is 0.349 e. The molecule has 1 aromatic carbocycles. The van der Waals surface area contributed by atoms with E-state index in [0.717, 1.165) is 37.1 Å². The summed E-state index contributed by atoms with van der Waals surface area (Å²) in [7, 11) is 0. The molecule has 2 saturated carbocycles. The van der Waals surface area contributed by atoms with Gasteiger partial charge in [-0.2, -0.15) is 5.10 Å². The van der Waals surface area contributed by atoms with Crippen LogP contribution in [-0.4, -0.2) is 27.8 Å². The molecule has 2 aliphatic carbocycles. The average Bonchev–Trinajstić information content (AvgIpc) is 3.07. The molecule has 2 atom stereocenters. The number of rotatable bonds is 4. The normalized spacial score (nSPS) is 27.4. The van der Waals surface area contributed by atoms with Crippen molar-refractivity contribution < 1.29 is 9.18 Å². The molecule has 2 aliphatic rings. The van der Waals surface area contributed by atoms with Crippen molar-refractivity contribution in [1.82, 2.24) is 15.1 Å². The predicted molar refractivity (Wildman–Crippen MR) is 102 cm³/mol. The van der Waals surface area contributed by atoms with Gasteiger partial charge >= 0.3 is 0 Å². The maximum Gasteiger partial charge on any atom is 0.255 e. The minimum Gasteiger partial charge on any atom is -0.349 e. The van der Waals surface area contributed by atoms with Crippen molar-refractivity contribution in [2.45, 2.75) is 57.5 Å². The Morgan fingerprint density at radius 2 is 1.93 bits per heavy atom. The van der Waals surface area contributed by atoms with Crippen LogP contribution in [0.2, 0.25) is 0 Å². The summed E-state index contributed by atoms with van der Waals surface area (Å²) in [5.41, 5.74) is 8.41.